The van der Waals surface area contributed by atoms with Gasteiger partial charge in [0.15, 0.2) is 6.29 Å². The van der Waals surface area contributed by atoms with Gasteiger partial charge in [0.2, 0.25) is 0 Å². The molecule has 0 bridgehead atoms. The molecule has 0 saturated carbocycles. The van der Waals surface area contributed by atoms with Crippen LogP contribution in [0.15, 0.2) is 48.6 Å². The molecule has 1 aliphatic rings. The van der Waals surface area contributed by atoms with Crippen LogP contribution in [-0.4, -0.2) is 78.9 Å². The normalized spacial score (nSPS) is 23.3. The van der Waals surface area contributed by atoms with Gasteiger partial charge >= 0.3 is 5.97 Å². The van der Waals surface area contributed by atoms with Crippen molar-refractivity contribution >= 4 is 5.97 Å². The number of hydrogen-bond donors (Lipinski definition) is 3. The summed E-state index contributed by atoms with van der Waals surface area (Å²) in [5.41, 5.74) is 0. The van der Waals surface area contributed by atoms with E-state index in [1.165, 1.54) is 32.8 Å². The molecule has 1 heterocycles. The first-order chi connectivity index (χ1) is 18.5. The SMILES string of the molecule is CCCCC/C=C\C/C=C\C/C=C\C/C=C\CCCC(=O)OC(CO)CO[C@@H]1O[C@H](CO)C[C@H](O)[C@H]1OC. The Bertz CT molecular complexity index is 702. The van der Waals surface area contributed by atoms with Gasteiger partial charge in [-0.25, -0.2) is 0 Å². The largest absolute Gasteiger partial charge is 0.457 e. The Balaban J connectivity index is 2.15. The molecule has 0 aromatic rings. The highest BCUT2D eigenvalue weighted by Gasteiger charge is 2.39. The summed E-state index contributed by atoms with van der Waals surface area (Å²) in [4.78, 5) is 12.1. The van der Waals surface area contributed by atoms with E-state index >= 15 is 0 Å². The van der Waals surface area contributed by atoms with Crippen molar-refractivity contribution in [1.82, 2.24) is 0 Å². The van der Waals surface area contributed by atoms with Crippen LogP contribution in [0.25, 0.3) is 0 Å². The van der Waals surface area contributed by atoms with Crippen molar-refractivity contribution in [1.29, 1.82) is 0 Å². The van der Waals surface area contributed by atoms with E-state index in [9.17, 15) is 20.1 Å². The minimum atomic E-state index is -0.939. The Morgan fingerprint density at radius 2 is 1.55 bits per heavy atom. The van der Waals surface area contributed by atoms with Crippen molar-refractivity contribution in [3.05, 3.63) is 48.6 Å². The second-order valence-corrected chi connectivity index (χ2v) is 9.42. The summed E-state index contributed by atoms with van der Waals surface area (Å²) >= 11 is 0. The summed E-state index contributed by atoms with van der Waals surface area (Å²) in [6.07, 6.45) is 23.0. The van der Waals surface area contributed by atoms with Gasteiger partial charge in [0, 0.05) is 20.0 Å². The molecule has 0 amide bonds. The lowest BCUT2D eigenvalue weighted by atomic mass is 10.0. The van der Waals surface area contributed by atoms with Crippen molar-refractivity contribution in [3.63, 3.8) is 0 Å². The molecule has 1 unspecified atom stereocenters. The molecule has 0 aromatic carbocycles. The third kappa shape index (κ3) is 16.2. The highest BCUT2D eigenvalue weighted by molar-refractivity contribution is 5.69. The Labute approximate surface area is 229 Å². The third-order valence-electron chi connectivity index (χ3n) is 6.11. The molecule has 1 saturated heterocycles. The number of rotatable bonds is 21. The molecule has 0 radical (unpaired) electrons. The molecule has 3 N–H and O–H groups in total. The van der Waals surface area contributed by atoms with Crippen LogP contribution in [0.3, 0.4) is 0 Å². The van der Waals surface area contributed by atoms with Crippen molar-refractivity contribution in [2.24, 2.45) is 0 Å². The molecule has 0 aromatic heterocycles. The maximum atomic E-state index is 12.1. The first kappa shape index (κ1) is 34.2. The Morgan fingerprint density at radius 1 is 0.947 bits per heavy atom. The Kier molecular flexibility index (Phi) is 20.8. The van der Waals surface area contributed by atoms with E-state index in [0.29, 0.717) is 6.42 Å². The van der Waals surface area contributed by atoms with Gasteiger partial charge in [-0.15, -0.1) is 0 Å². The Hall–Kier alpha value is -1.81. The summed E-state index contributed by atoms with van der Waals surface area (Å²) in [5.74, 6) is -0.412. The zero-order chi connectivity index (χ0) is 27.8. The number of carbonyl (C=O) groups is 1. The number of ether oxygens (including phenoxy) is 4. The van der Waals surface area contributed by atoms with Gasteiger partial charge in [0.1, 0.15) is 12.2 Å². The monoisotopic (exact) mass is 538 g/mol. The highest BCUT2D eigenvalue weighted by Crippen LogP contribution is 2.23. The predicted molar refractivity (Wildman–Crippen MR) is 148 cm³/mol. The highest BCUT2D eigenvalue weighted by atomic mass is 16.7. The van der Waals surface area contributed by atoms with E-state index in [-0.39, 0.29) is 26.1 Å². The van der Waals surface area contributed by atoms with E-state index in [2.05, 4.69) is 55.5 Å². The maximum absolute atomic E-state index is 12.1. The molecule has 1 aliphatic heterocycles. The van der Waals surface area contributed by atoms with Gasteiger partial charge < -0.3 is 34.3 Å². The fourth-order valence-corrected chi connectivity index (χ4v) is 3.92. The first-order valence-electron chi connectivity index (χ1n) is 14.0. The zero-order valence-electron chi connectivity index (χ0n) is 23.3. The molecule has 8 heteroatoms. The zero-order valence-corrected chi connectivity index (χ0v) is 23.3. The molecule has 0 aliphatic carbocycles. The molecule has 38 heavy (non-hydrogen) atoms. The summed E-state index contributed by atoms with van der Waals surface area (Å²) in [6.45, 7) is 1.44. The minimum absolute atomic E-state index is 0.116. The lowest BCUT2D eigenvalue weighted by Crippen LogP contribution is -2.52. The molecule has 0 spiro atoms. The number of allylic oxidation sites excluding steroid dienone is 8. The van der Waals surface area contributed by atoms with E-state index < -0.39 is 43.3 Å². The summed E-state index contributed by atoms with van der Waals surface area (Å²) in [6, 6.07) is 0. The van der Waals surface area contributed by atoms with Gasteiger partial charge in [-0.05, 0) is 44.9 Å². The maximum Gasteiger partial charge on any atom is 0.306 e. The number of aliphatic hydroxyl groups is 3. The lowest BCUT2D eigenvalue weighted by molar-refractivity contribution is -0.282. The number of hydrogen-bond acceptors (Lipinski definition) is 8. The fourth-order valence-electron chi connectivity index (χ4n) is 3.92. The van der Waals surface area contributed by atoms with Crippen LogP contribution in [0.1, 0.15) is 77.6 Å². The molecule has 8 nitrogen and oxygen atoms in total. The molecule has 218 valence electrons. The topological polar surface area (TPSA) is 115 Å². The summed E-state index contributed by atoms with van der Waals surface area (Å²) in [5, 5.41) is 29.0. The second-order valence-electron chi connectivity index (χ2n) is 9.42. The lowest BCUT2D eigenvalue weighted by Gasteiger charge is -2.38. The van der Waals surface area contributed by atoms with Gasteiger partial charge in [0.25, 0.3) is 0 Å². The number of esters is 1. The van der Waals surface area contributed by atoms with Crippen LogP contribution in [0.2, 0.25) is 0 Å². The molecule has 1 fully saturated rings. The van der Waals surface area contributed by atoms with E-state index in [4.69, 9.17) is 18.9 Å². The van der Waals surface area contributed by atoms with Crippen LogP contribution >= 0.6 is 0 Å². The Morgan fingerprint density at radius 3 is 2.11 bits per heavy atom. The van der Waals surface area contributed by atoms with Crippen molar-refractivity contribution in [3.8, 4) is 0 Å². The second kappa shape index (κ2) is 23.1. The van der Waals surface area contributed by atoms with E-state index in [0.717, 1.165) is 25.7 Å². The van der Waals surface area contributed by atoms with Crippen LogP contribution in [0.5, 0.6) is 0 Å². The van der Waals surface area contributed by atoms with Crippen molar-refractivity contribution in [2.45, 2.75) is 108 Å². The average molecular weight is 539 g/mol. The fraction of sp³-hybridized carbons (Fsp3) is 0.700. The smallest absolute Gasteiger partial charge is 0.306 e. The standard InChI is InChI=1S/C30H50O8/c1-3-4-5-6-7-8-9-10-11-12-13-14-15-16-17-18-19-20-28(34)37-26(23-32)24-36-30-29(35-2)27(33)21-25(22-31)38-30/h7-8,10-11,13-14,16-17,25-27,29-33H,3-6,9,12,15,18-24H2,1-2H3/b8-7-,11-10-,14-13-,17-16-/t25-,26?,27-,29+,30+/m0/s1. The van der Waals surface area contributed by atoms with Crippen molar-refractivity contribution < 1.29 is 39.1 Å². The summed E-state index contributed by atoms with van der Waals surface area (Å²) < 4.78 is 21.7. The quantitative estimate of drug-likeness (QED) is 0.111. The number of carbonyl (C=O) groups excluding carboxylic acids is 1. The average Bonchev–Trinajstić information content (AvgIpc) is 2.92. The first-order valence-corrected chi connectivity index (χ1v) is 14.0. The van der Waals surface area contributed by atoms with Crippen LogP contribution < -0.4 is 0 Å². The van der Waals surface area contributed by atoms with Crippen LogP contribution in [0.4, 0.5) is 0 Å². The van der Waals surface area contributed by atoms with E-state index in [1.54, 1.807) is 0 Å². The number of methoxy groups -OCH3 is 1. The third-order valence-corrected chi connectivity index (χ3v) is 6.11. The minimum Gasteiger partial charge on any atom is -0.457 e. The molecular formula is C30H50O8. The molecular weight excluding hydrogens is 488 g/mol. The van der Waals surface area contributed by atoms with Gasteiger partial charge in [-0.3, -0.25) is 4.79 Å². The number of aliphatic hydroxyl groups excluding tert-OH is 3. The van der Waals surface area contributed by atoms with Crippen molar-refractivity contribution in [2.75, 3.05) is 26.9 Å². The van der Waals surface area contributed by atoms with E-state index in [1.807, 2.05) is 0 Å². The van der Waals surface area contributed by atoms with Crippen LogP contribution in [0, 0.1) is 0 Å². The number of unbranched alkanes of at least 4 members (excludes halogenated alkanes) is 4. The van der Waals surface area contributed by atoms with Gasteiger partial charge in [-0.1, -0.05) is 68.4 Å². The molecule has 5 atom stereocenters. The summed E-state index contributed by atoms with van der Waals surface area (Å²) in [7, 11) is 1.43. The van der Waals surface area contributed by atoms with Crippen LogP contribution in [-0.2, 0) is 23.7 Å². The van der Waals surface area contributed by atoms with Gasteiger partial charge in [-0.2, -0.15) is 0 Å². The predicted octanol–water partition coefficient (Wildman–Crippen LogP) is 4.54. The molecule has 1 rings (SSSR count). The van der Waals surface area contributed by atoms with Gasteiger partial charge in [0.05, 0.1) is 32.0 Å².